The number of nitrogens with two attached hydrogens (primary N) is 1. The quantitative estimate of drug-likeness (QED) is 0.939. The zero-order chi connectivity index (χ0) is 15.4. The minimum absolute atomic E-state index is 0.0429. The van der Waals surface area contributed by atoms with Crippen molar-refractivity contribution in [2.75, 3.05) is 11.4 Å². The Morgan fingerprint density at radius 3 is 2.19 bits per heavy atom. The molecule has 0 bridgehead atoms. The number of nitrogens with zero attached hydrogens (tertiary/aromatic N) is 1. The van der Waals surface area contributed by atoms with Crippen molar-refractivity contribution < 1.29 is 14.0 Å². The number of hydrogen-bond acceptors (Lipinski definition) is 2. The number of carbonyl (C=O) groups is 2. The van der Waals surface area contributed by atoms with Gasteiger partial charge >= 0.3 is 0 Å². The van der Waals surface area contributed by atoms with Crippen LogP contribution in [0.1, 0.15) is 27.6 Å². The van der Waals surface area contributed by atoms with Gasteiger partial charge in [0.15, 0.2) is 0 Å². The number of amides is 2. The summed E-state index contributed by atoms with van der Waals surface area (Å²) in [6.07, 6.45) is 0. The van der Waals surface area contributed by atoms with Gasteiger partial charge in [0, 0.05) is 6.54 Å². The molecule has 0 aromatic heterocycles. The topological polar surface area (TPSA) is 63.4 Å². The molecule has 0 aliphatic heterocycles. The van der Waals surface area contributed by atoms with E-state index in [0.29, 0.717) is 5.69 Å². The average molecular weight is 286 g/mol. The third kappa shape index (κ3) is 2.91. The Hall–Kier alpha value is -2.69. The molecule has 0 aliphatic rings. The summed E-state index contributed by atoms with van der Waals surface area (Å²) in [6, 6.07) is 12.2. The molecule has 2 rings (SSSR count). The maximum Gasteiger partial charge on any atom is 0.261 e. The lowest BCUT2D eigenvalue weighted by atomic mass is 10.1. The van der Waals surface area contributed by atoms with Gasteiger partial charge in [0.05, 0.1) is 16.8 Å². The van der Waals surface area contributed by atoms with Crippen molar-refractivity contribution in [2.45, 2.75) is 6.92 Å². The molecule has 0 radical (unpaired) electrons. The summed E-state index contributed by atoms with van der Waals surface area (Å²) in [5, 5.41) is 0. The number of hydrogen-bond donors (Lipinski definition) is 1. The predicted octanol–water partition coefficient (Wildman–Crippen LogP) is 2.59. The van der Waals surface area contributed by atoms with Gasteiger partial charge in [-0.3, -0.25) is 9.59 Å². The molecule has 108 valence electrons. The van der Waals surface area contributed by atoms with Gasteiger partial charge < -0.3 is 10.6 Å². The molecule has 0 unspecified atom stereocenters. The summed E-state index contributed by atoms with van der Waals surface area (Å²) in [6.45, 7) is 2.04. The van der Waals surface area contributed by atoms with E-state index in [-0.39, 0.29) is 17.7 Å². The molecular weight excluding hydrogens is 271 g/mol. The van der Waals surface area contributed by atoms with Gasteiger partial charge in [-0.05, 0) is 31.2 Å². The lowest BCUT2D eigenvalue weighted by molar-refractivity contribution is 0.0984. The molecule has 21 heavy (non-hydrogen) atoms. The Morgan fingerprint density at radius 1 is 1.05 bits per heavy atom. The summed E-state index contributed by atoms with van der Waals surface area (Å²) < 4.78 is 13.8. The molecule has 4 nitrogen and oxygen atoms in total. The van der Waals surface area contributed by atoms with Crippen molar-refractivity contribution in [3.8, 4) is 0 Å². The summed E-state index contributed by atoms with van der Waals surface area (Å²) in [7, 11) is 0. The highest BCUT2D eigenvalue weighted by Crippen LogP contribution is 2.22. The molecular formula is C16H15FN2O2. The second-order valence-electron chi connectivity index (χ2n) is 4.41. The van der Waals surface area contributed by atoms with E-state index in [9.17, 15) is 14.0 Å². The van der Waals surface area contributed by atoms with Gasteiger partial charge in [-0.1, -0.05) is 24.3 Å². The largest absolute Gasteiger partial charge is 0.366 e. The standard InChI is InChI=1S/C16H15FN2O2/c1-2-19(14-10-6-4-8-12(14)15(18)20)16(21)11-7-3-5-9-13(11)17/h3-10H,2H2,1H3,(H2,18,20). The van der Waals surface area contributed by atoms with Crippen LogP contribution in [0.3, 0.4) is 0 Å². The van der Waals surface area contributed by atoms with Gasteiger partial charge in [0.25, 0.3) is 11.8 Å². The van der Waals surface area contributed by atoms with Crippen LogP contribution in [0, 0.1) is 5.82 Å². The van der Waals surface area contributed by atoms with Gasteiger partial charge in [-0.2, -0.15) is 0 Å². The lowest BCUT2D eigenvalue weighted by Gasteiger charge is -2.23. The fraction of sp³-hybridized carbons (Fsp3) is 0.125. The van der Waals surface area contributed by atoms with Gasteiger partial charge in [-0.15, -0.1) is 0 Å². The fourth-order valence-electron chi connectivity index (χ4n) is 2.12. The Kier molecular flexibility index (Phi) is 4.33. The average Bonchev–Trinajstić information content (AvgIpc) is 2.48. The van der Waals surface area contributed by atoms with Crippen molar-refractivity contribution >= 4 is 17.5 Å². The highest BCUT2D eigenvalue weighted by Gasteiger charge is 2.22. The van der Waals surface area contributed by atoms with Gasteiger partial charge in [-0.25, -0.2) is 4.39 Å². The van der Waals surface area contributed by atoms with Crippen molar-refractivity contribution in [2.24, 2.45) is 5.73 Å². The second-order valence-corrected chi connectivity index (χ2v) is 4.41. The van der Waals surface area contributed by atoms with Gasteiger partial charge in [0.1, 0.15) is 5.82 Å². The number of benzene rings is 2. The number of halogens is 1. The van der Waals surface area contributed by atoms with Crippen LogP contribution in [0.2, 0.25) is 0 Å². The molecule has 0 atom stereocenters. The molecule has 0 fully saturated rings. The van der Waals surface area contributed by atoms with Crippen LogP contribution in [-0.2, 0) is 0 Å². The smallest absolute Gasteiger partial charge is 0.261 e. The van der Waals surface area contributed by atoms with Gasteiger partial charge in [0.2, 0.25) is 0 Å². The molecule has 2 aromatic carbocycles. The third-order valence-corrected chi connectivity index (χ3v) is 3.13. The maximum absolute atomic E-state index is 13.8. The molecule has 0 heterocycles. The summed E-state index contributed by atoms with van der Waals surface area (Å²) >= 11 is 0. The molecule has 5 heteroatoms. The minimum atomic E-state index is -0.634. The van der Waals surface area contributed by atoms with E-state index < -0.39 is 17.6 Å². The number of para-hydroxylation sites is 1. The monoisotopic (exact) mass is 286 g/mol. The summed E-state index contributed by atoms with van der Waals surface area (Å²) in [4.78, 5) is 25.3. The van der Waals surface area contributed by atoms with E-state index in [1.54, 1.807) is 31.2 Å². The number of anilines is 1. The number of rotatable bonds is 4. The van der Waals surface area contributed by atoms with Crippen molar-refractivity contribution in [3.05, 3.63) is 65.5 Å². The third-order valence-electron chi connectivity index (χ3n) is 3.13. The van der Waals surface area contributed by atoms with Crippen LogP contribution in [0.4, 0.5) is 10.1 Å². The first-order valence-corrected chi connectivity index (χ1v) is 6.51. The van der Waals surface area contributed by atoms with Crippen LogP contribution in [0.15, 0.2) is 48.5 Å². The molecule has 2 amide bonds. The zero-order valence-electron chi connectivity index (χ0n) is 11.5. The van der Waals surface area contributed by atoms with E-state index in [1.165, 1.54) is 29.2 Å². The van der Waals surface area contributed by atoms with Crippen molar-refractivity contribution in [1.82, 2.24) is 0 Å². The maximum atomic E-state index is 13.8. The predicted molar refractivity (Wildman–Crippen MR) is 78.7 cm³/mol. The molecule has 0 spiro atoms. The Labute approximate surface area is 122 Å². The summed E-state index contributed by atoms with van der Waals surface area (Å²) in [5.74, 6) is -1.74. The van der Waals surface area contributed by atoms with Crippen molar-refractivity contribution in [1.29, 1.82) is 0 Å². The SMILES string of the molecule is CCN(C(=O)c1ccccc1F)c1ccccc1C(N)=O. The van der Waals surface area contributed by atoms with E-state index in [1.807, 2.05) is 0 Å². The van der Waals surface area contributed by atoms with Crippen LogP contribution >= 0.6 is 0 Å². The molecule has 2 N–H and O–H groups in total. The first kappa shape index (κ1) is 14.7. The highest BCUT2D eigenvalue weighted by molar-refractivity contribution is 6.10. The Balaban J connectivity index is 2.48. The van der Waals surface area contributed by atoms with E-state index >= 15 is 0 Å². The molecule has 0 aliphatic carbocycles. The highest BCUT2D eigenvalue weighted by atomic mass is 19.1. The zero-order valence-corrected chi connectivity index (χ0v) is 11.5. The lowest BCUT2D eigenvalue weighted by Crippen LogP contribution is -2.33. The van der Waals surface area contributed by atoms with E-state index in [0.717, 1.165) is 0 Å². The number of carbonyl (C=O) groups excluding carboxylic acids is 2. The number of primary amides is 1. The first-order chi connectivity index (χ1) is 10.1. The minimum Gasteiger partial charge on any atom is -0.366 e. The molecule has 0 saturated carbocycles. The van der Waals surface area contributed by atoms with E-state index in [2.05, 4.69) is 0 Å². The summed E-state index contributed by atoms with van der Waals surface area (Å²) in [5.41, 5.74) is 5.88. The van der Waals surface area contributed by atoms with Crippen molar-refractivity contribution in [3.63, 3.8) is 0 Å². The van der Waals surface area contributed by atoms with Crippen LogP contribution in [-0.4, -0.2) is 18.4 Å². The normalized spacial score (nSPS) is 10.2. The molecule has 0 saturated heterocycles. The fourth-order valence-corrected chi connectivity index (χ4v) is 2.12. The van der Waals surface area contributed by atoms with E-state index in [4.69, 9.17) is 5.73 Å². The Bertz CT molecular complexity index is 685. The van der Waals surface area contributed by atoms with Crippen LogP contribution in [0.25, 0.3) is 0 Å². The van der Waals surface area contributed by atoms with Crippen LogP contribution in [0.5, 0.6) is 0 Å². The Morgan fingerprint density at radius 2 is 1.62 bits per heavy atom. The first-order valence-electron chi connectivity index (χ1n) is 6.51. The molecule has 2 aromatic rings. The van der Waals surface area contributed by atoms with Crippen LogP contribution < -0.4 is 10.6 Å². The second kappa shape index (κ2) is 6.17.